The third kappa shape index (κ3) is 1.55. The number of hydrogen-bond donors (Lipinski definition) is 0. The van der Waals surface area contributed by atoms with Crippen molar-refractivity contribution in [3.8, 4) is 0 Å². The van der Waals surface area contributed by atoms with Crippen LogP contribution in [0.1, 0.15) is 38.5 Å². The zero-order chi connectivity index (χ0) is 10.4. The first-order chi connectivity index (χ1) is 6.43. The standard InChI is InChI=1S/C9H15O.3CH3.Sn/c1-10-9-5-2-8(3-6-9)4-7-9;;;;/h2-7H2,1H3;3*1H3;. The second-order valence-electron chi connectivity index (χ2n) is 6.42. The predicted octanol–water partition coefficient (Wildman–Crippen LogP) is 3.82. The van der Waals surface area contributed by atoms with Gasteiger partial charge in [0.2, 0.25) is 0 Å². The summed E-state index contributed by atoms with van der Waals surface area (Å²) in [4.78, 5) is 7.87. The summed E-state index contributed by atoms with van der Waals surface area (Å²) in [5.74, 6) is 0. The van der Waals surface area contributed by atoms with E-state index in [-0.39, 0.29) is 0 Å². The Hall–Kier alpha value is 0.759. The Morgan fingerprint density at radius 3 is 1.57 bits per heavy atom. The van der Waals surface area contributed by atoms with Crippen LogP contribution in [-0.4, -0.2) is 31.1 Å². The Labute approximate surface area is 92.5 Å². The van der Waals surface area contributed by atoms with E-state index < -0.39 is 18.4 Å². The number of ether oxygens (including phenoxy) is 1. The molecule has 14 heavy (non-hydrogen) atoms. The van der Waals surface area contributed by atoms with Gasteiger partial charge in [0.15, 0.2) is 0 Å². The van der Waals surface area contributed by atoms with Crippen LogP contribution in [0.4, 0.5) is 0 Å². The Morgan fingerprint density at radius 2 is 1.29 bits per heavy atom. The van der Waals surface area contributed by atoms with Crippen LogP contribution in [0.15, 0.2) is 0 Å². The molecule has 0 atom stereocenters. The summed E-state index contributed by atoms with van der Waals surface area (Å²) in [5, 5.41) is 0. The topological polar surface area (TPSA) is 9.23 Å². The first kappa shape index (κ1) is 11.3. The first-order valence-electron chi connectivity index (χ1n) is 5.98. The van der Waals surface area contributed by atoms with Crippen LogP contribution in [0, 0.1) is 0 Å². The van der Waals surface area contributed by atoms with E-state index in [1.165, 1.54) is 38.5 Å². The first-order valence-corrected chi connectivity index (χ1v) is 16.0. The maximum absolute atomic E-state index is 5.75. The average Bonchev–Trinajstić information content (AvgIpc) is 2.19. The van der Waals surface area contributed by atoms with Gasteiger partial charge in [-0.15, -0.1) is 0 Å². The quantitative estimate of drug-likeness (QED) is 0.705. The van der Waals surface area contributed by atoms with Crippen LogP contribution < -0.4 is 0 Å². The average molecular weight is 303 g/mol. The van der Waals surface area contributed by atoms with Crippen molar-refractivity contribution in [3.63, 3.8) is 0 Å². The van der Waals surface area contributed by atoms with Crippen molar-refractivity contribution in [1.29, 1.82) is 0 Å². The van der Waals surface area contributed by atoms with E-state index in [1.54, 1.807) is 0 Å². The number of methoxy groups -OCH3 is 1. The molecule has 3 saturated carbocycles. The molecule has 0 aliphatic heterocycles. The normalized spacial score (nSPS) is 42.9. The zero-order valence-electron chi connectivity index (χ0n) is 10.2. The Kier molecular flexibility index (Phi) is 2.71. The van der Waals surface area contributed by atoms with Crippen molar-refractivity contribution in [2.75, 3.05) is 7.11 Å². The van der Waals surface area contributed by atoms with Crippen LogP contribution in [0.3, 0.4) is 0 Å². The van der Waals surface area contributed by atoms with E-state index in [9.17, 15) is 0 Å². The SMILES string of the molecule is COC12CC[C]([Sn]([CH3])([CH3])[CH3])(CC1)CC2. The number of fused-ring (bicyclic) bond motifs is 3. The molecule has 2 heteroatoms. The summed E-state index contributed by atoms with van der Waals surface area (Å²) in [6.45, 7) is 0. The molecule has 0 amide bonds. The van der Waals surface area contributed by atoms with E-state index >= 15 is 0 Å². The van der Waals surface area contributed by atoms with Gasteiger partial charge in [0.1, 0.15) is 0 Å². The van der Waals surface area contributed by atoms with E-state index in [2.05, 4.69) is 14.8 Å². The van der Waals surface area contributed by atoms with E-state index in [0.29, 0.717) is 5.60 Å². The number of rotatable bonds is 2. The van der Waals surface area contributed by atoms with Crippen molar-refractivity contribution < 1.29 is 4.74 Å². The fourth-order valence-corrected chi connectivity index (χ4v) is 11.1. The fourth-order valence-electron chi connectivity index (χ4n) is 3.58. The van der Waals surface area contributed by atoms with Crippen molar-refractivity contribution in [1.82, 2.24) is 0 Å². The van der Waals surface area contributed by atoms with E-state index in [0.717, 1.165) is 3.43 Å². The molecule has 0 aromatic heterocycles. The summed E-state index contributed by atoms with van der Waals surface area (Å²) in [6.07, 6.45) is 8.45. The molecule has 0 aromatic rings. The minimum atomic E-state index is -1.71. The van der Waals surface area contributed by atoms with Crippen LogP contribution in [-0.2, 0) is 4.74 Å². The van der Waals surface area contributed by atoms with Crippen molar-refractivity contribution in [2.45, 2.75) is 62.4 Å². The summed E-state index contributed by atoms with van der Waals surface area (Å²) in [5.41, 5.74) is 0.304. The summed E-state index contributed by atoms with van der Waals surface area (Å²) >= 11 is -1.71. The van der Waals surface area contributed by atoms with E-state index in [1.807, 2.05) is 7.11 Å². The molecule has 0 heterocycles. The van der Waals surface area contributed by atoms with Gasteiger partial charge in [-0.3, -0.25) is 0 Å². The van der Waals surface area contributed by atoms with Gasteiger partial charge in [-0.05, 0) is 0 Å². The van der Waals surface area contributed by atoms with Gasteiger partial charge >= 0.3 is 92.6 Å². The second-order valence-corrected chi connectivity index (χ2v) is 22.3. The van der Waals surface area contributed by atoms with Crippen molar-refractivity contribution in [3.05, 3.63) is 0 Å². The maximum atomic E-state index is 5.75. The predicted molar refractivity (Wildman–Crippen MR) is 63.5 cm³/mol. The molecule has 0 N–H and O–H groups in total. The van der Waals surface area contributed by atoms with Crippen LogP contribution in [0.25, 0.3) is 0 Å². The molecule has 82 valence electrons. The fraction of sp³-hybridized carbons (Fsp3) is 1.00. The molecule has 3 rings (SSSR count). The summed E-state index contributed by atoms with van der Waals surface area (Å²) in [7, 11) is 1.92. The van der Waals surface area contributed by atoms with E-state index in [4.69, 9.17) is 4.74 Å². The third-order valence-electron chi connectivity index (χ3n) is 5.20. The zero-order valence-corrected chi connectivity index (χ0v) is 13.0. The summed E-state index contributed by atoms with van der Waals surface area (Å²) in [6, 6.07) is 0. The molecule has 0 spiro atoms. The molecule has 2 bridgehead atoms. The van der Waals surface area contributed by atoms with Crippen LogP contribution >= 0.6 is 0 Å². The molecule has 3 aliphatic rings. The molecule has 0 saturated heterocycles. The third-order valence-corrected chi connectivity index (χ3v) is 16.4. The molecule has 3 aliphatic carbocycles. The van der Waals surface area contributed by atoms with Gasteiger partial charge in [-0.1, -0.05) is 0 Å². The van der Waals surface area contributed by atoms with Crippen LogP contribution in [0.2, 0.25) is 18.2 Å². The molecule has 0 radical (unpaired) electrons. The van der Waals surface area contributed by atoms with Crippen LogP contribution in [0.5, 0.6) is 0 Å². The molecular formula is C12H24OSn. The molecule has 3 fully saturated rings. The minimum absolute atomic E-state index is 0.304. The Bertz CT molecular complexity index is 204. The van der Waals surface area contributed by atoms with Gasteiger partial charge in [0.05, 0.1) is 0 Å². The van der Waals surface area contributed by atoms with Gasteiger partial charge < -0.3 is 0 Å². The molecule has 0 aromatic carbocycles. The van der Waals surface area contributed by atoms with Gasteiger partial charge in [0, 0.05) is 0 Å². The number of hydrogen-bond acceptors (Lipinski definition) is 1. The Balaban J connectivity index is 2.17. The van der Waals surface area contributed by atoms with Gasteiger partial charge in [-0.25, -0.2) is 0 Å². The van der Waals surface area contributed by atoms with Crippen molar-refractivity contribution in [2.24, 2.45) is 0 Å². The molecule has 1 nitrogen and oxygen atoms in total. The second kappa shape index (κ2) is 3.38. The monoisotopic (exact) mass is 304 g/mol. The molecular weight excluding hydrogens is 279 g/mol. The van der Waals surface area contributed by atoms with Crippen molar-refractivity contribution >= 4 is 18.4 Å². The molecule has 0 unspecified atom stereocenters. The summed E-state index contributed by atoms with van der Waals surface area (Å²) < 4.78 is 6.58. The Morgan fingerprint density at radius 1 is 0.857 bits per heavy atom. The van der Waals surface area contributed by atoms with Gasteiger partial charge in [0.25, 0.3) is 0 Å². The van der Waals surface area contributed by atoms with Gasteiger partial charge in [-0.2, -0.15) is 0 Å².